The van der Waals surface area contributed by atoms with E-state index >= 15 is 0 Å². The van der Waals surface area contributed by atoms with Crippen LogP contribution in [-0.2, 0) is 17.8 Å². The van der Waals surface area contributed by atoms with Crippen molar-refractivity contribution >= 4 is 5.91 Å². The summed E-state index contributed by atoms with van der Waals surface area (Å²) in [7, 11) is 0. The molecule has 1 aromatic heterocycles. The lowest BCUT2D eigenvalue weighted by molar-refractivity contribution is -0.133. The van der Waals surface area contributed by atoms with Gasteiger partial charge in [0.1, 0.15) is 11.5 Å². The molecular formula is C19H23N3O2. The predicted molar refractivity (Wildman–Crippen MR) is 90.4 cm³/mol. The van der Waals surface area contributed by atoms with E-state index in [-0.39, 0.29) is 11.9 Å². The van der Waals surface area contributed by atoms with Crippen LogP contribution < -0.4 is 0 Å². The first-order valence-electron chi connectivity index (χ1n) is 8.72. The molecule has 1 fully saturated rings. The van der Waals surface area contributed by atoms with Gasteiger partial charge in [-0.25, -0.2) is 0 Å². The van der Waals surface area contributed by atoms with Crippen molar-refractivity contribution in [3.05, 3.63) is 52.9 Å². The molecule has 1 amide bonds. The first-order chi connectivity index (χ1) is 11.7. The van der Waals surface area contributed by atoms with Crippen LogP contribution in [0.25, 0.3) is 0 Å². The van der Waals surface area contributed by atoms with Crippen molar-refractivity contribution in [2.24, 2.45) is 0 Å². The largest absolute Gasteiger partial charge is 0.361 e. The van der Waals surface area contributed by atoms with Crippen LogP contribution in [0.1, 0.15) is 41.5 Å². The van der Waals surface area contributed by atoms with Crippen LogP contribution in [0.5, 0.6) is 0 Å². The number of likely N-dealkylation sites (tertiary alicyclic amines) is 1. The van der Waals surface area contributed by atoms with Gasteiger partial charge < -0.3 is 9.42 Å². The summed E-state index contributed by atoms with van der Waals surface area (Å²) >= 11 is 0. The molecule has 3 heterocycles. The zero-order chi connectivity index (χ0) is 16.5. The standard InChI is InChI=1S/C19H23N3O2/c1-14-11-17(20-24-14)18-7-4-9-21(18)13-19(23)22-10-8-15-5-2-3-6-16(15)12-22/h2-3,5-6,11,18H,4,7-10,12-13H2,1H3/t18-/m1/s1. The number of hydrogen-bond donors (Lipinski definition) is 0. The number of aryl methyl sites for hydroxylation is 1. The van der Waals surface area contributed by atoms with Crippen LogP contribution in [0, 0.1) is 6.92 Å². The molecule has 4 rings (SSSR count). The minimum absolute atomic E-state index is 0.212. The number of fused-ring (bicyclic) bond motifs is 1. The fraction of sp³-hybridized carbons (Fsp3) is 0.474. The molecule has 1 saturated heterocycles. The van der Waals surface area contributed by atoms with E-state index in [0.717, 1.165) is 50.4 Å². The third-order valence-corrected chi connectivity index (χ3v) is 5.17. The maximum atomic E-state index is 12.8. The molecule has 2 aliphatic heterocycles. The Labute approximate surface area is 142 Å². The van der Waals surface area contributed by atoms with Gasteiger partial charge in [-0.2, -0.15) is 0 Å². The van der Waals surface area contributed by atoms with Gasteiger partial charge in [0.15, 0.2) is 0 Å². The monoisotopic (exact) mass is 325 g/mol. The van der Waals surface area contributed by atoms with E-state index in [2.05, 4.69) is 34.3 Å². The second-order valence-electron chi connectivity index (χ2n) is 6.82. The molecule has 1 aromatic carbocycles. The maximum Gasteiger partial charge on any atom is 0.237 e. The van der Waals surface area contributed by atoms with Gasteiger partial charge in [-0.3, -0.25) is 9.69 Å². The van der Waals surface area contributed by atoms with Crippen LogP contribution in [0.2, 0.25) is 0 Å². The van der Waals surface area contributed by atoms with Crippen LogP contribution in [0.4, 0.5) is 0 Å². The Morgan fingerprint density at radius 3 is 2.92 bits per heavy atom. The first kappa shape index (κ1) is 15.4. The van der Waals surface area contributed by atoms with Crippen LogP contribution in [0.3, 0.4) is 0 Å². The Bertz CT molecular complexity index is 740. The predicted octanol–water partition coefficient (Wildman–Crippen LogP) is 2.70. The summed E-state index contributed by atoms with van der Waals surface area (Å²) in [5.74, 6) is 1.05. The molecule has 0 aliphatic carbocycles. The summed E-state index contributed by atoms with van der Waals surface area (Å²) in [6.45, 7) is 4.88. The van der Waals surface area contributed by atoms with Crippen molar-refractivity contribution in [1.29, 1.82) is 0 Å². The molecule has 0 radical (unpaired) electrons. The zero-order valence-electron chi connectivity index (χ0n) is 14.1. The summed E-state index contributed by atoms with van der Waals surface area (Å²) in [5.41, 5.74) is 3.61. The molecule has 126 valence electrons. The van der Waals surface area contributed by atoms with E-state index in [1.54, 1.807) is 0 Å². The van der Waals surface area contributed by atoms with Crippen molar-refractivity contribution in [2.75, 3.05) is 19.6 Å². The number of rotatable bonds is 3. The average Bonchev–Trinajstić information content (AvgIpc) is 3.23. The Morgan fingerprint density at radius 1 is 1.29 bits per heavy atom. The van der Waals surface area contributed by atoms with Gasteiger partial charge in [-0.05, 0) is 43.9 Å². The second-order valence-corrected chi connectivity index (χ2v) is 6.82. The van der Waals surface area contributed by atoms with Crippen molar-refractivity contribution in [3.8, 4) is 0 Å². The van der Waals surface area contributed by atoms with Crippen LogP contribution in [0.15, 0.2) is 34.9 Å². The van der Waals surface area contributed by atoms with Crippen LogP contribution >= 0.6 is 0 Å². The van der Waals surface area contributed by atoms with Gasteiger partial charge in [0.2, 0.25) is 5.91 Å². The summed E-state index contributed by atoms with van der Waals surface area (Å²) in [5, 5.41) is 4.16. The number of carbonyl (C=O) groups excluding carboxylic acids is 1. The van der Waals surface area contributed by atoms with Gasteiger partial charge >= 0.3 is 0 Å². The number of carbonyl (C=O) groups is 1. The van der Waals surface area contributed by atoms with E-state index in [0.29, 0.717) is 6.54 Å². The number of nitrogens with zero attached hydrogens (tertiary/aromatic N) is 3. The molecule has 0 N–H and O–H groups in total. The lowest BCUT2D eigenvalue weighted by Gasteiger charge is -2.31. The zero-order valence-corrected chi connectivity index (χ0v) is 14.1. The lowest BCUT2D eigenvalue weighted by Crippen LogP contribution is -2.42. The highest BCUT2D eigenvalue weighted by Crippen LogP contribution is 2.31. The second kappa shape index (κ2) is 6.40. The van der Waals surface area contributed by atoms with Crippen molar-refractivity contribution < 1.29 is 9.32 Å². The van der Waals surface area contributed by atoms with Gasteiger partial charge in [-0.15, -0.1) is 0 Å². The molecule has 2 aromatic rings. The minimum atomic E-state index is 0.212. The highest BCUT2D eigenvalue weighted by molar-refractivity contribution is 5.78. The Balaban J connectivity index is 1.42. The third-order valence-electron chi connectivity index (χ3n) is 5.17. The first-order valence-corrected chi connectivity index (χ1v) is 8.72. The molecule has 0 bridgehead atoms. The molecule has 0 unspecified atom stereocenters. The number of amides is 1. The average molecular weight is 325 g/mol. The summed E-state index contributed by atoms with van der Waals surface area (Å²) < 4.78 is 5.21. The number of benzene rings is 1. The molecule has 0 spiro atoms. The summed E-state index contributed by atoms with van der Waals surface area (Å²) in [6.07, 6.45) is 3.10. The SMILES string of the molecule is Cc1cc([C@H]2CCCN2CC(=O)N2CCc3ccccc3C2)no1. The fourth-order valence-electron chi connectivity index (χ4n) is 3.88. The normalized spacial score (nSPS) is 21.0. The van der Waals surface area contributed by atoms with E-state index in [1.165, 1.54) is 11.1 Å². The third kappa shape index (κ3) is 2.96. The minimum Gasteiger partial charge on any atom is -0.361 e. The Morgan fingerprint density at radius 2 is 2.12 bits per heavy atom. The number of aromatic nitrogens is 1. The molecule has 2 aliphatic rings. The Kier molecular flexibility index (Phi) is 4.10. The molecule has 1 atom stereocenters. The van der Waals surface area contributed by atoms with Gasteiger partial charge in [-0.1, -0.05) is 29.4 Å². The Hall–Kier alpha value is -2.14. The van der Waals surface area contributed by atoms with Gasteiger partial charge in [0.05, 0.1) is 12.6 Å². The van der Waals surface area contributed by atoms with E-state index < -0.39 is 0 Å². The number of hydrogen-bond acceptors (Lipinski definition) is 4. The van der Waals surface area contributed by atoms with E-state index in [4.69, 9.17) is 4.52 Å². The lowest BCUT2D eigenvalue weighted by atomic mass is 10.00. The quantitative estimate of drug-likeness (QED) is 0.870. The molecular weight excluding hydrogens is 302 g/mol. The molecule has 5 nitrogen and oxygen atoms in total. The summed E-state index contributed by atoms with van der Waals surface area (Å²) in [4.78, 5) is 17.0. The van der Waals surface area contributed by atoms with E-state index in [1.807, 2.05) is 17.9 Å². The fourth-order valence-corrected chi connectivity index (χ4v) is 3.88. The highest BCUT2D eigenvalue weighted by Gasteiger charge is 2.31. The van der Waals surface area contributed by atoms with Crippen LogP contribution in [-0.4, -0.2) is 40.5 Å². The summed E-state index contributed by atoms with van der Waals surface area (Å²) in [6, 6.07) is 10.6. The molecule has 5 heteroatoms. The van der Waals surface area contributed by atoms with Gasteiger partial charge in [0.25, 0.3) is 0 Å². The molecule has 0 saturated carbocycles. The maximum absolute atomic E-state index is 12.8. The van der Waals surface area contributed by atoms with Crippen molar-refractivity contribution in [1.82, 2.24) is 15.0 Å². The van der Waals surface area contributed by atoms with Gasteiger partial charge in [0, 0.05) is 19.2 Å². The smallest absolute Gasteiger partial charge is 0.237 e. The molecule has 24 heavy (non-hydrogen) atoms. The highest BCUT2D eigenvalue weighted by atomic mass is 16.5. The van der Waals surface area contributed by atoms with Crippen molar-refractivity contribution in [3.63, 3.8) is 0 Å². The van der Waals surface area contributed by atoms with Crippen molar-refractivity contribution in [2.45, 2.75) is 38.8 Å². The topological polar surface area (TPSA) is 49.6 Å². The van der Waals surface area contributed by atoms with E-state index in [9.17, 15) is 4.79 Å².